The van der Waals surface area contributed by atoms with Crippen LogP contribution in [0, 0.1) is 4.77 Å². The Labute approximate surface area is 112 Å². The second-order valence-electron chi connectivity index (χ2n) is 5.95. The summed E-state index contributed by atoms with van der Waals surface area (Å²) in [6.45, 7) is 7.76. The van der Waals surface area contributed by atoms with E-state index < -0.39 is 0 Å². The van der Waals surface area contributed by atoms with Crippen LogP contribution in [0.25, 0.3) is 0 Å². The molecule has 1 aromatic heterocycles. The van der Waals surface area contributed by atoms with Crippen LogP contribution < -0.4 is 5.32 Å². The van der Waals surface area contributed by atoms with Crippen molar-refractivity contribution in [3.8, 4) is 0 Å². The highest BCUT2D eigenvalue weighted by atomic mass is 32.1. The Morgan fingerprint density at radius 1 is 1.56 bits per heavy atom. The van der Waals surface area contributed by atoms with Gasteiger partial charge < -0.3 is 5.32 Å². The summed E-state index contributed by atoms with van der Waals surface area (Å²) in [6, 6.07) is -0.328. The molecule has 1 heterocycles. The predicted molar refractivity (Wildman–Crippen MR) is 72.0 cm³/mol. The Morgan fingerprint density at radius 3 is 2.67 bits per heavy atom. The van der Waals surface area contributed by atoms with E-state index in [1.165, 1.54) is 0 Å². The van der Waals surface area contributed by atoms with Crippen LogP contribution in [0.5, 0.6) is 0 Å². The normalized spacial score (nSPS) is 17.6. The van der Waals surface area contributed by atoms with Crippen LogP contribution in [0.1, 0.15) is 58.3 Å². The van der Waals surface area contributed by atoms with Crippen molar-refractivity contribution in [2.24, 2.45) is 0 Å². The van der Waals surface area contributed by atoms with Gasteiger partial charge in [0.15, 0.2) is 4.77 Å². The Hall–Kier alpha value is -1.17. The van der Waals surface area contributed by atoms with Gasteiger partial charge in [-0.1, -0.05) is 0 Å². The molecule has 0 bridgehead atoms. The summed E-state index contributed by atoms with van der Waals surface area (Å²) >= 11 is 5.22. The zero-order valence-corrected chi connectivity index (χ0v) is 12.1. The van der Waals surface area contributed by atoms with Crippen molar-refractivity contribution >= 4 is 18.1 Å². The lowest BCUT2D eigenvalue weighted by Gasteiger charge is -2.24. The highest BCUT2D eigenvalue weighted by Gasteiger charge is 2.32. The first kappa shape index (κ1) is 13.3. The fourth-order valence-electron chi connectivity index (χ4n) is 1.91. The molecular formula is C12H20N4OS. The highest BCUT2D eigenvalue weighted by Crippen LogP contribution is 2.39. The Balaban J connectivity index is 2.23. The van der Waals surface area contributed by atoms with Crippen LogP contribution in [0.4, 0.5) is 0 Å². The van der Waals surface area contributed by atoms with E-state index in [0.29, 0.717) is 10.7 Å². The van der Waals surface area contributed by atoms with Crippen molar-refractivity contribution in [1.82, 2.24) is 20.1 Å². The lowest BCUT2D eigenvalue weighted by molar-refractivity contribution is -0.125. The van der Waals surface area contributed by atoms with E-state index in [2.05, 4.69) is 15.5 Å². The first-order chi connectivity index (χ1) is 8.29. The maximum Gasteiger partial charge on any atom is 0.243 e. The number of carbonyl (C=O) groups excluding carboxylic acids is 1. The van der Waals surface area contributed by atoms with Crippen molar-refractivity contribution in [3.63, 3.8) is 0 Å². The molecule has 2 rings (SSSR count). The number of hydrogen-bond donors (Lipinski definition) is 2. The summed E-state index contributed by atoms with van der Waals surface area (Å²) in [5.74, 6) is 1.35. The van der Waals surface area contributed by atoms with E-state index in [1.54, 1.807) is 0 Å². The molecule has 2 N–H and O–H groups in total. The maximum atomic E-state index is 12.2. The van der Waals surface area contributed by atoms with Gasteiger partial charge in [0.1, 0.15) is 11.9 Å². The monoisotopic (exact) mass is 268 g/mol. The molecule has 1 aliphatic carbocycles. The van der Waals surface area contributed by atoms with Gasteiger partial charge in [-0.25, -0.2) is 0 Å². The molecule has 0 saturated heterocycles. The third-order valence-electron chi connectivity index (χ3n) is 2.94. The number of carbonyl (C=O) groups is 1. The number of nitrogens with zero attached hydrogens (tertiary/aromatic N) is 2. The average molecular weight is 268 g/mol. The fourth-order valence-corrected chi connectivity index (χ4v) is 2.21. The Morgan fingerprint density at radius 2 is 2.17 bits per heavy atom. The Kier molecular flexibility index (Phi) is 3.31. The first-order valence-corrected chi connectivity index (χ1v) is 6.69. The van der Waals surface area contributed by atoms with Crippen LogP contribution in [0.2, 0.25) is 0 Å². The highest BCUT2D eigenvalue weighted by molar-refractivity contribution is 7.71. The molecular weight excluding hydrogens is 248 g/mol. The van der Waals surface area contributed by atoms with Gasteiger partial charge in [-0.3, -0.25) is 14.5 Å². The van der Waals surface area contributed by atoms with Crippen LogP contribution in [0.3, 0.4) is 0 Å². The minimum atomic E-state index is -0.328. The summed E-state index contributed by atoms with van der Waals surface area (Å²) in [6.07, 6.45) is 2.26. The smallest absolute Gasteiger partial charge is 0.243 e. The fraction of sp³-hybridized carbons (Fsp3) is 0.750. The second-order valence-corrected chi connectivity index (χ2v) is 6.33. The summed E-state index contributed by atoms with van der Waals surface area (Å²) in [5.41, 5.74) is -0.239. The van der Waals surface area contributed by atoms with Gasteiger partial charge in [-0.2, -0.15) is 5.10 Å². The molecule has 0 spiro atoms. The molecule has 1 fully saturated rings. The van der Waals surface area contributed by atoms with E-state index in [4.69, 9.17) is 12.2 Å². The summed E-state index contributed by atoms with van der Waals surface area (Å²) < 4.78 is 2.36. The molecule has 1 unspecified atom stereocenters. The zero-order valence-electron chi connectivity index (χ0n) is 11.3. The number of H-pyrrole nitrogens is 1. The third kappa shape index (κ3) is 2.80. The molecule has 1 saturated carbocycles. The lowest BCUT2D eigenvalue weighted by atomic mass is 10.1. The first-order valence-electron chi connectivity index (χ1n) is 6.28. The molecule has 0 aromatic carbocycles. The van der Waals surface area contributed by atoms with Crippen molar-refractivity contribution < 1.29 is 4.79 Å². The van der Waals surface area contributed by atoms with Crippen LogP contribution in [-0.2, 0) is 4.79 Å². The minimum absolute atomic E-state index is 0.0260. The summed E-state index contributed by atoms with van der Waals surface area (Å²) in [4.78, 5) is 12.2. The zero-order chi connectivity index (χ0) is 13.5. The molecule has 1 atom stereocenters. The molecule has 1 aliphatic rings. The van der Waals surface area contributed by atoms with Gasteiger partial charge >= 0.3 is 0 Å². The predicted octanol–water partition coefficient (Wildman–Crippen LogP) is 2.29. The van der Waals surface area contributed by atoms with Crippen molar-refractivity contribution in [2.75, 3.05) is 0 Å². The van der Waals surface area contributed by atoms with E-state index >= 15 is 0 Å². The number of nitrogens with one attached hydrogen (secondary N) is 2. The number of aromatic amines is 1. The number of aromatic nitrogens is 3. The van der Waals surface area contributed by atoms with Crippen molar-refractivity contribution in [1.29, 1.82) is 0 Å². The lowest BCUT2D eigenvalue weighted by Crippen LogP contribution is -2.44. The Bertz CT molecular complexity index is 507. The standard InChI is InChI=1S/C12H20N4OS/c1-7(10(17)13-12(2,3)4)16-9(8-5-6-8)14-15-11(16)18/h7-8H,5-6H2,1-4H3,(H,13,17)(H,15,18). The third-order valence-corrected chi connectivity index (χ3v) is 3.23. The number of hydrogen-bond acceptors (Lipinski definition) is 3. The summed E-state index contributed by atoms with van der Waals surface area (Å²) in [7, 11) is 0. The average Bonchev–Trinajstić information content (AvgIpc) is 2.99. The van der Waals surface area contributed by atoms with E-state index in [0.717, 1.165) is 18.7 Å². The van der Waals surface area contributed by atoms with Gasteiger partial charge in [0.2, 0.25) is 5.91 Å². The molecule has 0 radical (unpaired) electrons. The van der Waals surface area contributed by atoms with Crippen molar-refractivity contribution in [2.45, 2.75) is 58.0 Å². The van der Waals surface area contributed by atoms with E-state index in [-0.39, 0.29) is 17.5 Å². The van der Waals surface area contributed by atoms with E-state index in [1.807, 2.05) is 32.3 Å². The van der Waals surface area contributed by atoms with Crippen molar-refractivity contribution in [3.05, 3.63) is 10.6 Å². The molecule has 1 aromatic rings. The van der Waals surface area contributed by atoms with E-state index in [9.17, 15) is 4.79 Å². The molecule has 18 heavy (non-hydrogen) atoms. The summed E-state index contributed by atoms with van der Waals surface area (Å²) in [5, 5.41) is 10.0. The van der Waals surface area contributed by atoms with Gasteiger partial charge in [-0.05, 0) is 52.8 Å². The van der Waals surface area contributed by atoms with Crippen LogP contribution >= 0.6 is 12.2 Å². The largest absolute Gasteiger partial charge is 0.350 e. The van der Waals surface area contributed by atoms with Gasteiger partial charge in [0.05, 0.1) is 0 Å². The second kappa shape index (κ2) is 4.50. The molecule has 100 valence electrons. The molecule has 5 nitrogen and oxygen atoms in total. The van der Waals surface area contributed by atoms with Gasteiger partial charge in [0.25, 0.3) is 0 Å². The quantitative estimate of drug-likeness (QED) is 0.827. The van der Waals surface area contributed by atoms with Crippen LogP contribution in [0.15, 0.2) is 0 Å². The number of amides is 1. The molecule has 6 heteroatoms. The number of rotatable bonds is 3. The maximum absolute atomic E-state index is 12.2. The topological polar surface area (TPSA) is 62.7 Å². The molecule has 1 amide bonds. The minimum Gasteiger partial charge on any atom is -0.350 e. The SMILES string of the molecule is CC(C(=O)NC(C)(C)C)n1c(C2CC2)n[nH]c1=S. The molecule has 0 aliphatic heterocycles. The van der Waals surface area contributed by atoms with Gasteiger partial charge in [0, 0.05) is 11.5 Å². The van der Waals surface area contributed by atoms with Crippen LogP contribution in [-0.4, -0.2) is 26.2 Å². The van der Waals surface area contributed by atoms with Gasteiger partial charge in [-0.15, -0.1) is 0 Å².